The minimum atomic E-state index is -0.355. The largest absolute Gasteiger partial charge is 0.325 e. The second kappa shape index (κ2) is 6.06. The van der Waals surface area contributed by atoms with Crippen LogP contribution >= 0.6 is 0 Å². The quantitative estimate of drug-likeness (QED) is 0.906. The summed E-state index contributed by atoms with van der Waals surface area (Å²) >= 11 is 0. The lowest BCUT2D eigenvalue weighted by molar-refractivity contribution is -0.115. The predicted molar refractivity (Wildman–Crippen MR) is 80.7 cm³/mol. The summed E-state index contributed by atoms with van der Waals surface area (Å²) in [6.45, 7) is 0.231. The molecule has 2 aromatic rings. The van der Waals surface area contributed by atoms with E-state index in [1.165, 1.54) is 23.3 Å². The van der Waals surface area contributed by atoms with Gasteiger partial charge >= 0.3 is 0 Å². The highest BCUT2D eigenvalue weighted by molar-refractivity contribution is 5.92. The van der Waals surface area contributed by atoms with E-state index in [1.54, 1.807) is 12.1 Å². The predicted octanol–water partition coefficient (Wildman–Crippen LogP) is 2.52. The summed E-state index contributed by atoms with van der Waals surface area (Å²) in [7, 11) is 0. The highest BCUT2D eigenvalue weighted by atomic mass is 19.1. The third-order valence-corrected chi connectivity index (χ3v) is 3.71. The monoisotopic (exact) mass is 284 g/mol. The molecule has 0 bridgehead atoms. The zero-order valence-corrected chi connectivity index (χ0v) is 11.6. The number of carbonyl (C=O) groups is 1. The molecule has 2 aromatic carbocycles. The van der Waals surface area contributed by atoms with E-state index in [0.29, 0.717) is 11.7 Å². The molecule has 0 saturated carbocycles. The van der Waals surface area contributed by atoms with Gasteiger partial charge < -0.3 is 10.6 Å². The van der Waals surface area contributed by atoms with Crippen LogP contribution in [0.1, 0.15) is 11.1 Å². The van der Waals surface area contributed by atoms with Gasteiger partial charge in [0.25, 0.3) is 0 Å². The van der Waals surface area contributed by atoms with Gasteiger partial charge in [-0.25, -0.2) is 4.39 Å². The van der Waals surface area contributed by atoms with Crippen molar-refractivity contribution in [3.63, 3.8) is 0 Å². The Hall–Kier alpha value is -2.20. The summed E-state index contributed by atoms with van der Waals surface area (Å²) in [4.78, 5) is 11.9. The van der Waals surface area contributed by atoms with Gasteiger partial charge in [0.15, 0.2) is 0 Å². The Labute approximate surface area is 123 Å². The van der Waals surface area contributed by atoms with E-state index in [4.69, 9.17) is 0 Å². The molecule has 108 valence electrons. The van der Waals surface area contributed by atoms with Crippen LogP contribution < -0.4 is 10.6 Å². The average molecular weight is 284 g/mol. The van der Waals surface area contributed by atoms with E-state index >= 15 is 0 Å². The van der Waals surface area contributed by atoms with Crippen LogP contribution in [0.5, 0.6) is 0 Å². The lowest BCUT2D eigenvalue weighted by atomic mass is 10.1. The summed E-state index contributed by atoms with van der Waals surface area (Å²) in [5.41, 5.74) is 3.18. The molecule has 2 N–H and O–H groups in total. The fourth-order valence-electron chi connectivity index (χ4n) is 2.71. The molecule has 3 nitrogen and oxygen atoms in total. The van der Waals surface area contributed by atoms with E-state index in [9.17, 15) is 9.18 Å². The topological polar surface area (TPSA) is 41.1 Å². The van der Waals surface area contributed by atoms with Gasteiger partial charge in [0, 0.05) is 11.7 Å². The molecule has 0 heterocycles. The lowest BCUT2D eigenvalue weighted by Crippen LogP contribution is -2.36. The van der Waals surface area contributed by atoms with E-state index < -0.39 is 0 Å². The maximum absolute atomic E-state index is 13.0. The number of hydrogen-bond acceptors (Lipinski definition) is 2. The Morgan fingerprint density at radius 3 is 2.48 bits per heavy atom. The van der Waals surface area contributed by atoms with Crippen molar-refractivity contribution in [1.29, 1.82) is 0 Å². The van der Waals surface area contributed by atoms with Crippen LogP contribution in [0.3, 0.4) is 0 Å². The van der Waals surface area contributed by atoms with Gasteiger partial charge in [-0.1, -0.05) is 30.3 Å². The van der Waals surface area contributed by atoms with Gasteiger partial charge in [-0.05, 0) is 42.2 Å². The van der Waals surface area contributed by atoms with Crippen molar-refractivity contribution in [2.45, 2.75) is 18.9 Å². The molecule has 21 heavy (non-hydrogen) atoms. The van der Waals surface area contributed by atoms with Crippen molar-refractivity contribution in [3.8, 4) is 0 Å². The first kappa shape index (κ1) is 13.8. The average Bonchev–Trinajstić information content (AvgIpc) is 2.88. The van der Waals surface area contributed by atoms with E-state index in [2.05, 4.69) is 22.8 Å². The van der Waals surface area contributed by atoms with Crippen molar-refractivity contribution in [3.05, 3.63) is 65.5 Å². The number of amides is 1. The van der Waals surface area contributed by atoms with Crippen molar-refractivity contribution in [2.24, 2.45) is 0 Å². The molecule has 1 aliphatic carbocycles. The molecule has 0 fully saturated rings. The van der Waals surface area contributed by atoms with Crippen LogP contribution in [0.2, 0.25) is 0 Å². The van der Waals surface area contributed by atoms with Crippen LogP contribution in [-0.4, -0.2) is 18.5 Å². The SMILES string of the molecule is O=C(CNC1Cc2ccccc2C1)Nc1cccc(F)c1. The van der Waals surface area contributed by atoms with Crippen LogP contribution in [0, 0.1) is 5.82 Å². The van der Waals surface area contributed by atoms with Crippen molar-refractivity contribution >= 4 is 11.6 Å². The van der Waals surface area contributed by atoms with Gasteiger partial charge in [-0.3, -0.25) is 4.79 Å². The van der Waals surface area contributed by atoms with Crippen LogP contribution in [0.4, 0.5) is 10.1 Å². The number of benzene rings is 2. The molecule has 0 unspecified atom stereocenters. The standard InChI is InChI=1S/C17H17FN2O/c18-14-6-3-7-15(10-14)20-17(21)11-19-16-8-12-4-1-2-5-13(12)9-16/h1-7,10,16,19H,8-9,11H2,(H,20,21). The van der Waals surface area contributed by atoms with Gasteiger partial charge in [0.1, 0.15) is 5.82 Å². The number of carbonyl (C=O) groups excluding carboxylic acids is 1. The fraction of sp³-hybridized carbons (Fsp3) is 0.235. The lowest BCUT2D eigenvalue weighted by Gasteiger charge is -2.12. The molecule has 0 radical (unpaired) electrons. The van der Waals surface area contributed by atoms with Gasteiger partial charge in [-0.2, -0.15) is 0 Å². The number of nitrogens with one attached hydrogen (secondary N) is 2. The summed E-state index contributed by atoms with van der Waals surface area (Å²) in [6, 6.07) is 14.5. The first-order valence-corrected chi connectivity index (χ1v) is 7.06. The van der Waals surface area contributed by atoms with Gasteiger partial charge in [-0.15, -0.1) is 0 Å². The Morgan fingerprint density at radius 2 is 1.81 bits per heavy atom. The second-order valence-electron chi connectivity index (χ2n) is 5.31. The summed E-state index contributed by atoms with van der Waals surface area (Å²) < 4.78 is 13.0. The zero-order valence-electron chi connectivity index (χ0n) is 11.6. The molecule has 1 aliphatic rings. The van der Waals surface area contributed by atoms with Crippen LogP contribution in [0.15, 0.2) is 48.5 Å². The summed E-state index contributed by atoms with van der Waals surface area (Å²) in [5, 5.41) is 5.94. The summed E-state index contributed by atoms with van der Waals surface area (Å²) in [6.07, 6.45) is 1.90. The van der Waals surface area contributed by atoms with Crippen LogP contribution in [0.25, 0.3) is 0 Å². The maximum Gasteiger partial charge on any atom is 0.238 e. The number of hydrogen-bond donors (Lipinski definition) is 2. The number of fused-ring (bicyclic) bond motifs is 1. The van der Waals surface area contributed by atoms with Crippen LogP contribution in [-0.2, 0) is 17.6 Å². The second-order valence-corrected chi connectivity index (χ2v) is 5.31. The number of rotatable bonds is 4. The number of anilines is 1. The van der Waals surface area contributed by atoms with Gasteiger partial charge in [0.2, 0.25) is 5.91 Å². The van der Waals surface area contributed by atoms with Crippen molar-refractivity contribution in [2.75, 3.05) is 11.9 Å². The molecule has 0 saturated heterocycles. The van der Waals surface area contributed by atoms with E-state index in [1.807, 2.05) is 12.1 Å². The van der Waals surface area contributed by atoms with E-state index in [0.717, 1.165) is 12.8 Å². The Balaban J connectivity index is 1.49. The fourth-order valence-corrected chi connectivity index (χ4v) is 2.71. The maximum atomic E-state index is 13.0. The van der Waals surface area contributed by atoms with E-state index in [-0.39, 0.29) is 18.3 Å². The first-order valence-electron chi connectivity index (χ1n) is 7.06. The summed E-state index contributed by atoms with van der Waals surface area (Å²) in [5.74, 6) is -0.511. The third kappa shape index (κ3) is 3.47. The number of halogens is 1. The molecule has 3 rings (SSSR count). The molecule has 0 spiro atoms. The first-order chi connectivity index (χ1) is 10.2. The Bertz CT molecular complexity index is 632. The molecule has 4 heteroatoms. The highest BCUT2D eigenvalue weighted by Gasteiger charge is 2.20. The Morgan fingerprint density at radius 1 is 1.10 bits per heavy atom. The third-order valence-electron chi connectivity index (χ3n) is 3.71. The minimum absolute atomic E-state index is 0.156. The molecule has 0 aliphatic heterocycles. The van der Waals surface area contributed by atoms with Crippen molar-refractivity contribution < 1.29 is 9.18 Å². The highest BCUT2D eigenvalue weighted by Crippen LogP contribution is 2.21. The minimum Gasteiger partial charge on any atom is -0.325 e. The smallest absolute Gasteiger partial charge is 0.238 e. The van der Waals surface area contributed by atoms with Crippen molar-refractivity contribution in [1.82, 2.24) is 5.32 Å². The van der Waals surface area contributed by atoms with Gasteiger partial charge in [0.05, 0.1) is 6.54 Å². The molecule has 0 atom stereocenters. The Kier molecular flexibility index (Phi) is 3.97. The molecular formula is C17H17FN2O. The zero-order chi connectivity index (χ0) is 14.7. The molecule has 1 amide bonds. The molecule has 0 aromatic heterocycles. The normalized spacial score (nSPS) is 14.0. The molecular weight excluding hydrogens is 267 g/mol.